The van der Waals surface area contributed by atoms with Gasteiger partial charge in [-0.15, -0.1) is 11.8 Å². The molecule has 2 rings (SSSR count). The number of fused-ring (bicyclic) bond motifs is 1. The molecule has 0 saturated carbocycles. The molecule has 0 aromatic heterocycles. The lowest BCUT2D eigenvalue weighted by atomic mass is 10.1. The molecule has 0 radical (unpaired) electrons. The number of rotatable bonds is 1. The molecular weight excluding hydrogens is 241 g/mol. The molecule has 0 aliphatic heterocycles. The topological polar surface area (TPSA) is 37.3 Å². The van der Waals surface area contributed by atoms with E-state index in [9.17, 15) is 18.0 Å². The number of halogens is 3. The Morgan fingerprint density at radius 2 is 1.94 bits per heavy atom. The van der Waals surface area contributed by atoms with Crippen LogP contribution in [0.3, 0.4) is 0 Å². The fourth-order valence-corrected chi connectivity index (χ4v) is 2.31. The van der Waals surface area contributed by atoms with Crippen molar-refractivity contribution in [3.8, 4) is 0 Å². The summed E-state index contributed by atoms with van der Waals surface area (Å²) in [6.45, 7) is 0. The largest absolute Gasteiger partial charge is 0.371 e. The fourth-order valence-electron chi connectivity index (χ4n) is 1.69. The quantitative estimate of drug-likeness (QED) is 0.775. The zero-order valence-electron chi connectivity index (χ0n) is 8.13. The molecule has 0 amide bonds. The van der Waals surface area contributed by atoms with Gasteiger partial charge < -0.3 is 5.11 Å². The summed E-state index contributed by atoms with van der Waals surface area (Å²) < 4.78 is 40.0. The van der Waals surface area contributed by atoms with Crippen molar-refractivity contribution in [2.45, 2.75) is 16.7 Å². The molecule has 1 aliphatic carbocycles. The molecule has 1 N–H and O–H groups in total. The first-order chi connectivity index (χ1) is 7.34. The molecule has 0 spiro atoms. The lowest BCUT2D eigenvalue weighted by molar-refractivity contribution is -0.226. The van der Waals surface area contributed by atoms with Crippen LogP contribution in [-0.4, -0.2) is 23.1 Å². The van der Waals surface area contributed by atoms with E-state index in [1.807, 2.05) is 0 Å². The van der Waals surface area contributed by atoms with E-state index in [0.717, 1.165) is 17.8 Å². The van der Waals surface area contributed by atoms with Crippen LogP contribution in [0.2, 0.25) is 0 Å². The van der Waals surface area contributed by atoms with Gasteiger partial charge in [0, 0.05) is 16.0 Å². The van der Waals surface area contributed by atoms with E-state index >= 15 is 0 Å². The Hall–Kier alpha value is -1.01. The lowest BCUT2D eigenvalue weighted by Crippen LogP contribution is -2.41. The van der Waals surface area contributed by atoms with Crippen molar-refractivity contribution >= 4 is 17.5 Å². The van der Waals surface area contributed by atoms with Crippen molar-refractivity contribution in [2.75, 3.05) is 6.26 Å². The van der Waals surface area contributed by atoms with Crippen LogP contribution in [0.25, 0.3) is 0 Å². The molecule has 16 heavy (non-hydrogen) atoms. The maximum Gasteiger partial charge on any atom is 0.371 e. The first-order valence-electron chi connectivity index (χ1n) is 4.35. The number of carbonyl (C=O) groups excluding carboxylic acids is 1. The van der Waals surface area contributed by atoms with E-state index in [4.69, 9.17) is 5.11 Å². The number of thioether (sulfide) groups is 1. The molecule has 1 aromatic carbocycles. The number of benzene rings is 1. The van der Waals surface area contributed by atoms with Crippen LogP contribution in [0.4, 0.5) is 13.2 Å². The van der Waals surface area contributed by atoms with Gasteiger partial charge in [-0.1, -0.05) is 12.1 Å². The molecule has 1 aromatic rings. The maximum absolute atomic E-state index is 13.5. The number of alkyl halides is 3. The van der Waals surface area contributed by atoms with Gasteiger partial charge in [0.15, 0.2) is 0 Å². The average molecular weight is 248 g/mol. The first-order valence-corrected chi connectivity index (χ1v) is 5.58. The summed E-state index contributed by atoms with van der Waals surface area (Å²) in [6.07, 6.45) is 1.58. The SMILES string of the molecule is CSc1cccc2c1C(=O)C(F)(F)C2(O)F. The van der Waals surface area contributed by atoms with Crippen LogP contribution in [0.15, 0.2) is 23.1 Å². The summed E-state index contributed by atoms with van der Waals surface area (Å²) in [5, 5.41) is 9.12. The summed E-state index contributed by atoms with van der Waals surface area (Å²) >= 11 is 1.05. The highest BCUT2D eigenvalue weighted by Crippen LogP contribution is 2.50. The number of carbonyl (C=O) groups is 1. The van der Waals surface area contributed by atoms with Crippen molar-refractivity contribution < 1.29 is 23.1 Å². The van der Waals surface area contributed by atoms with Gasteiger partial charge >= 0.3 is 11.8 Å². The van der Waals surface area contributed by atoms with Gasteiger partial charge in [0.25, 0.3) is 0 Å². The van der Waals surface area contributed by atoms with Crippen molar-refractivity contribution in [3.63, 3.8) is 0 Å². The Labute approximate surface area is 93.5 Å². The molecule has 1 atom stereocenters. The Morgan fingerprint density at radius 3 is 2.50 bits per heavy atom. The zero-order valence-corrected chi connectivity index (χ0v) is 8.95. The monoisotopic (exact) mass is 248 g/mol. The van der Waals surface area contributed by atoms with Gasteiger partial charge in [0.1, 0.15) is 0 Å². The lowest BCUT2D eigenvalue weighted by Gasteiger charge is -2.19. The fraction of sp³-hybridized carbons (Fsp3) is 0.300. The third-order valence-corrected chi connectivity index (χ3v) is 3.31. The summed E-state index contributed by atoms with van der Waals surface area (Å²) in [5.41, 5.74) is -1.08. The molecule has 0 heterocycles. The van der Waals surface area contributed by atoms with Crippen molar-refractivity contribution in [1.82, 2.24) is 0 Å². The van der Waals surface area contributed by atoms with Crippen LogP contribution in [0.5, 0.6) is 0 Å². The first kappa shape index (κ1) is 11.5. The number of aliphatic hydroxyl groups is 1. The van der Waals surface area contributed by atoms with E-state index in [-0.39, 0.29) is 4.90 Å². The molecule has 1 aliphatic rings. The van der Waals surface area contributed by atoms with Gasteiger partial charge in [-0.05, 0) is 12.3 Å². The van der Waals surface area contributed by atoms with Crippen LogP contribution in [0.1, 0.15) is 15.9 Å². The highest BCUT2D eigenvalue weighted by Gasteiger charge is 2.67. The second-order valence-corrected chi connectivity index (χ2v) is 4.26. The normalized spacial score (nSPS) is 26.9. The van der Waals surface area contributed by atoms with Crippen LogP contribution in [0, 0.1) is 0 Å². The smallest absolute Gasteiger partial charge is 0.353 e. The van der Waals surface area contributed by atoms with E-state index < -0.39 is 28.7 Å². The summed E-state index contributed by atoms with van der Waals surface area (Å²) in [7, 11) is 0. The Bertz CT molecular complexity index is 471. The van der Waals surface area contributed by atoms with E-state index in [1.165, 1.54) is 12.1 Å². The maximum atomic E-state index is 13.5. The van der Waals surface area contributed by atoms with Gasteiger partial charge in [0.2, 0.25) is 5.78 Å². The zero-order chi connectivity index (χ0) is 12.1. The van der Waals surface area contributed by atoms with E-state index in [1.54, 1.807) is 6.26 Å². The van der Waals surface area contributed by atoms with E-state index in [0.29, 0.717) is 0 Å². The second kappa shape index (κ2) is 3.24. The predicted octanol–water partition coefficient (Wildman–Crippen LogP) is 2.35. The molecule has 0 saturated heterocycles. The third kappa shape index (κ3) is 1.17. The highest BCUT2D eigenvalue weighted by atomic mass is 32.2. The number of Topliss-reactive ketones (excluding diaryl/α,β-unsaturated/α-hetero) is 1. The Kier molecular flexibility index (Phi) is 2.32. The van der Waals surface area contributed by atoms with Gasteiger partial charge in [-0.25, -0.2) is 0 Å². The Morgan fingerprint density at radius 1 is 1.31 bits per heavy atom. The van der Waals surface area contributed by atoms with Crippen LogP contribution < -0.4 is 0 Å². The van der Waals surface area contributed by atoms with Crippen LogP contribution >= 0.6 is 11.8 Å². The summed E-state index contributed by atoms with van der Waals surface area (Å²) in [6, 6.07) is 3.75. The molecule has 2 nitrogen and oxygen atoms in total. The van der Waals surface area contributed by atoms with Gasteiger partial charge in [0.05, 0.1) is 0 Å². The summed E-state index contributed by atoms with van der Waals surface area (Å²) in [5.74, 6) is -10.00. The van der Waals surface area contributed by atoms with Crippen LogP contribution in [-0.2, 0) is 5.85 Å². The minimum Gasteiger partial charge on any atom is -0.353 e. The second-order valence-electron chi connectivity index (χ2n) is 3.41. The number of ketones is 1. The van der Waals surface area contributed by atoms with Gasteiger partial charge in [-0.2, -0.15) is 13.2 Å². The van der Waals surface area contributed by atoms with Crippen molar-refractivity contribution in [3.05, 3.63) is 29.3 Å². The molecule has 0 bridgehead atoms. The minimum atomic E-state index is -4.42. The molecular formula is C10H7F3O2S. The minimum absolute atomic E-state index is 0.232. The van der Waals surface area contributed by atoms with Gasteiger partial charge in [-0.3, -0.25) is 4.79 Å². The molecule has 1 unspecified atom stereocenters. The summed E-state index contributed by atoms with van der Waals surface area (Å²) in [4.78, 5) is 11.6. The predicted molar refractivity (Wildman–Crippen MR) is 52.5 cm³/mol. The molecule has 6 heteroatoms. The number of hydrogen-bond acceptors (Lipinski definition) is 3. The average Bonchev–Trinajstić information content (AvgIpc) is 2.38. The number of hydrogen-bond donors (Lipinski definition) is 1. The highest BCUT2D eigenvalue weighted by molar-refractivity contribution is 7.98. The Balaban J connectivity index is 2.77. The van der Waals surface area contributed by atoms with Crippen molar-refractivity contribution in [1.29, 1.82) is 0 Å². The third-order valence-electron chi connectivity index (χ3n) is 2.53. The standard InChI is InChI=1S/C10H7F3O2S/c1-16-6-4-2-3-5-7(6)8(14)9(11,12)10(5,13)15/h2-4,15H,1H3. The molecule has 86 valence electrons. The molecule has 0 fully saturated rings. The van der Waals surface area contributed by atoms with Crippen molar-refractivity contribution in [2.24, 2.45) is 0 Å². The van der Waals surface area contributed by atoms with E-state index in [2.05, 4.69) is 0 Å².